The van der Waals surface area contributed by atoms with Crippen molar-refractivity contribution in [1.29, 1.82) is 0 Å². The van der Waals surface area contributed by atoms with E-state index in [1.807, 2.05) is 0 Å². The Morgan fingerprint density at radius 1 is 0.821 bits per heavy atom. The van der Waals surface area contributed by atoms with Gasteiger partial charge in [-0.05, 0) is 44.9 Å². The molecule has 2 aliphatic heterocycles. The number of nitrogens with zero attached hydrogens (tertiary/aromatic N) is 2. The van der Waals surface area contributed by atoms with E-state index in [9.17, 15) is 19.2 Å². The van der Waals surface area contributed by atoms with Crippen LogP contribution in [0.1, 0.15) is 26.7 Å². The van der Waals surface area contributed by atoms with Crippen molar-refractivity contribution < 1.29 is 19.2 Å². The van der Waals surface area contributed by atoms with Crippen molar-refractivity contribution in [2.45, 2.75) is 26.7 Å². The smallest absolute Gasteiger partial charge is 0.237 e. The van der Waals surface area contributed by atoms with Gasteiger partial charge in [0.2, 0.25) is 23.6 Å². The minimum absolute atomic E-state index is 0.211. The third-order valence-corrected chi connectivity index (χ3v) is 5.78. The number of likely N-dealkylation sites (tertiary alicyclic amines) is 2. The third-order valence-electron chi connectivity index (χ3n) is 5.78. The SMILES string of the molecule is C=C/C=C(\C=C/C)N1C(=O)C2CC3C(=O)N(/C(C=C)=C/C)C(=O)C3CC2C1=O. The van der Waals surface area contributed by atoms with Crippen molar-refractivity contribution in [3.63, 3.8) is 0 Å². The van der Waals surface area contributed by atoms with Crippen LogP contribution >= 0.6 is 0 Å². The maximum absolute atomic E-state index is 13.0. The van der Waals surface area contributed by atoms with Gasteiger partial charge in [0, 0.05) is 5.70 Å². The molecule has 4 unspecified atom stereocenters. The molecule has 6 nitrogen and oxygen atoms in total. The summed E-state index contributed by atoms with van der Waals surface area (Å²) in [5.41, 5.74) is 0.896. The van der Waals surface area contributed by atoms with E-state index < -0.39 is 23.7 Å². The van der Waals surface area contributed by atoms with Gasteiger partial charge in [0.1, 0.15) is 0 Å². The highest BCUT2D eigenvalue weighted by Gasteiger charge is 2.60. The second kappa shape index (κ2) is 7.54. The normalized spacial score (nSPS) is 30.9. The first-order chi connectivity index (χ1) is 13.4. The number of rotatable bonds is 5. The number of imide groups is 2. The number of amides is 4. The molecule has 2 saturated heterocycles. The average molecular weight is 380 g/mol. The number of carbonyl (C=O) groups excluding carboxylic acids is 4. The van der Waals surface area contributed by atoms with Crippen LogP contribution in [-0.4, -0.2) is 33.4 Å². The molecule has 0 bridgehead atoms. The summed E-state index contributed by atoms with van der Waals surface area (Å²) in [7, 11) is 0. The fraction of sp³-hybridized carbons (Fsp3) is 0.364. The summed E-state index contributed by atoms with van der Waals surface area (Å²) >= 11 is 0. The molecule has 0 aromatic rings. The molecule has 28 heavy (non-hydrogen) atoms. The van der Waals surface area contributed by atoms with E-state index in [1.165, 1.54) is 17.1 Å². The fourth-order valence-electron chi connectivity index (χ4n) is 4.52. The third kappa shape index (κ3) is 2.80. The Bertz CT molecular complexity index is 822. The van der Waals surface area contributed by atoms with Gasteiger partial charge in [-0.2, -0.15) is 0 Å². The van der Waals surface area contributed by atoms with Crippen LogP contribution in [0.5, 0.6) is 0 Å². The minimum atomic E-state index is -0.582. The zero-order valence-corrected chi connectivity index (χ0v) is 16.1. The van der Waals surface area contributed by atoms with E-state index >= 15 is 0 Å². The lowest BCUT2D eigenvalue weighted by Gasteiger charge is -2.28. The minimum Gasteiger partial charge on any atom is -0.274 e. The molecule has 1 saturated carbocycles. The monoisotopic (exact) mass is 380 g/mol. The Morgan fingerprint density at radius 2 is 1.25 bits per heavy atom. The summed E-state index contributed by atoms with van der Waals surface area (Å²) in [5, 5.41) is 0. The summed E-state index contributed by atoms with van der Waals surface area (Å²) in [6, 6.07) is 0. The molecule has 0 N–H and O–H groups in total. The summed E-state index contributed by atoms with van der Waals surface area (Å²) < 4.78 is 0. The van der Waals surface area contributed by atoms with E-state index in [-0.39, 0.29) is 36.5 Å². The van der Waals surface area contributed by atoms with Gasteiger partial charge in [0.15, 0.2) is 0 Å². The zero-order valence-electron chi connectivity index (χ0n) is 16.1. The molecule has 4 amide bonds. The van der Waals surface area contributed by atoms with Crippen molar-refractivity contribution in [3.05, 3.63) is 61.0 Å². The van der Waals surface area contributed by atoms with E-state index in [1.54, 1.807) is 38.2 Å². The highest BCUT2D eigenvalue weighted by molar-refractivity contribution is 6.11. The summed E-state index contributed by atoms with van der Waals surface area (Å²) in [5.74, 6) is -3.56. The van der Waals surface area contributed by atoms with E-state index in [0.29, 0.717) is 11.4 Å². The quantitative estimate of drug-likeness (QED) is 0.543. The zero-order chi connectivity index (χ0) is 20.6. The molecule has 0 aromatic carbocycles. The lowest BCUT2D eigenvalue weighted by atomic mass is 9.70. The van der Waals surface area contributed by atoms with Crippen LogP contribution in [0, 0.1) is 23.7 Å². The number of hydrogen-bond donors (Lipinski definition) is 0. The topological polar surface area (TPSA) is 74.8 Å². The Morgan fingerprint density at radius 3 is 1.57 bits per heavy atom. The number of carbonyl (C=O) groups is 4. The van der Waals surface area contributed by atoms with Crippen molar-refractivity contribution in [2.75, 3.05) is 0 Å². The maximum atomic E-state index is 13.0. The first-order valence-corrected chi connectivity index (χ1v) is 9.41. The first kappa shape index (κ1) is 19.7. The van der Waals surface area contributed by atoms with Crippen LogP contribution in [0.25, 0.3) is 0 Å². The van der Waals surface area contributed by atoms with Crippen LogP contribution in [0.3, 0.4) is 0 Å². The van der Waals surface area contributed by atoms with Gasteiger partial charge in [0.25, 0.3) is 0 Å². The van der Waals surface area contributed by atoms with Gasteiger partial charge < -0.3 is 0 Å². The van der Waals surface area contributed by atoms with Crippen molar-refractivity contribution >= 4 is 23.6 Å². The molecule has 4 atom stereocenters. The molecule has 1 aliphatic carbocycles. The number of fused-ring (bicyclic) bond motifs is 2. The maximum Gasteiger partial charge on any atom is 0.237 e. The average Bonchev–Trinajstić information content (AvgIpc) is 3.07. The van der Waals surface area contributed by atoms with Crippen LogP contribution in [0.2, 0.25) is 0 Å². The summed E-state index contributed by atoms with van der Waals surface area (Å²) in [4.78, 5) is 54.1. The summed E-state index contributed by atoms with van der Waals surface area (Å²) in [6.07, 6.45) is 10.1. The Hall–Kier alpha value is -3.02. The van der Waals surface area contributed by atoms with Gasteiger partial charge in [-0.25, -0.2) is 0 Å². The molecule has 3 rings (SSSR count). The van der Waals surface area contributed by atoms with E-state index in [2.05, 4.69) is 13.2 Å². The summed E-state index contributed by atoms with van der Waals surface area (Å²) in [6.45, 7) is 10.8. The molecular weight excluding hydrogens is 356 g/mol. The fourth-order valence-corrected chi connectivity index (χ4v) is 4.52. The first-order valence-electron chi connectivity index (χ1n) is 9.41. The Labute approximate surface area is 164 Å². The van der Waals surface area contributed by atoms with Crippen molar-refractivity contribution in [1.82, 2.24) is 9.80 Å². The highest BCUT2D eigenvalue weighted by atomic mass is 16.2. The molecule has 3 fully saturated rings. The number of allylic oxidation sites excluding steroid dienone is 6. The molecule has 3 aliphatic rings. The van der Waals surface area contributed by atoms with Crippen LogP contribution < -0.4 is 0 Å². The second-order valence-electron chi connectivity index (χ2n) is 7.17. The van der Waals surface area contributed by atoms with Gasteiger partial charge in [-0.1, -0.05) is 31.4 Å². The Kier molecular flexibility index (Phi) is 5.31. The molecular formula is C22H24N2O4. The van der Waals surface area contributed by atoms with Gasteiger partial charge in [-0.15, -0.1) is 0 Å². The van der Waals surface area contributed by atoms with Crippen LogP contribution in [0.4, 0.5) is 0 Å². The predicted octanol–water partition coefficient (Wildman–Crippen LogP) is 2.72. The standard InChI is InChI=1S/C22H24N2O4/c1-5-9-14(10-6-2)24-21(27)17-11-15-16(12-18(17)22(24)28)20(26)23(19(15)25)13(7-3)8-4/h5-10,15-18H,1,3,11-12H2,2,4H3/b10-6-,13-8+,14-9+. The molecule has 146 valence electrons. The number of hydrogen-bond acceptors (Lipinski definition) is 4. The van der Waals surface area contributed by atoms with Crippen molar-refractivity contribution in [2.24, 2.45) is 23.7 Å². The highest BCUT2D eigenvalue weighted by Crippen LogP contribution is 2.49. The van der Waals surface area contributed by atoms with Gasteiger partial charge >= 0.3 is 0 Å². The molecule has 2 heterocycles. The van der Waals surface area contributed by atoms with E-state index in [4.69, 9.17) is 0 Å². The molecule has 0 radical (unpaired) electrons. The van der Waals surface area contributed by atoms with Gasteiger partial charge in [-0.3, -0.25) is 29.0 Å². The lowest BCUT2D eigenvalue weighted by molar-refractivity contribution is -0.137. The van der Waals surface area contributed by atoms with E-state index in [0.717, 1.165) is 4.90 Å². The second-order valence-corrected chi connectivity index (χ2v) is 7.17. The largest absolute Gasteiger partial charge is 0.274 e. The Balaban J connectivity index is 1.93. The molecule has 0 aromatic heterocycles. The lowest BCUT2D eigenvalue weighted by Crippen LogP contribution is -2.35. The molecule has 0 spiro atoms. The van der Waals surface area contributed by atoms with Crippen LogP contribution in [-0.2, 0) is 19.2 Å². The van der Waals surface area contributed by atoms with Crippen molar-refractivity contribution in [3.8, 4) is 0 Å². The predicted molar refractivity (Wildman–Crippen MR) is 104 cm³/mol. The van der Waals surface area contributed by atoms with Gasteiger partial charge in [0.05, 0.1) is 29.4 Å². The molecule has 6 heteroatoms. The van der Waals surface area contributed by atoms with Crippen LogP contribution in [0.15, 0.2) is 61.0 Å².